The second kappa shape index (κ2) is 6.33. The van der Waals surface area contributed by atoms with E-state index < -0.39 is 28.5 Å². The van der Waals surface area contributed by atoms with Gasteiger partial charge in [-0.1, -0.05) is 24.3 Å². The van der Waals surface area contributed by atoms with Gasteiger partial charge in [0.05, 0.1) is 5.75 Å². The molecule has 0 aromatic heterocycles. The van der Waals surface area contributed by atoms with Gasteiger partial charge < -0.3 is 5.32 Å². The van der Waals surface area contributed by atoms with Crippen LogP contribution in [0.3, 0.4) is 0 Å². The molecule has 0 heterocycles. The molecule has 0 aliphatic heterocycles. The van der Waals surface area contributed by atoms with Gasteiger partial charge in [0.15, 0.2) is 0 Å². The minimum absolute atomic E-state index is 0.458. The van der Waals surface area contributed by atoms with Gasteiger partial charge in [-0.15, -0.1) is 0 Å². The molecule has 1 aliphatic rings. The van der Waals surface area contributed by atoms with E-state index in [0.29, 0.717) is 18.2 Å². The first-order valence-electron chi connectivity index (χ1n) is 6.59. The highest BCUT2D eigenvalue weighted by Gasteiger charge is 2.29. The Labute approximate surface area is 121 Å². The maximum absolute atomic E-state index is 12.0. The van der Waals surface area contributed by atoms with Crippen molar-refractivity contribution in [1.82, 2.24) is 10.0 Å². The maximum Gasteiger partial charge on any atom is 0.402 e. The number of hydrogen-bond donors (Lipinski definition) is 2. The molecule has 8 heteroatoms. The molecule has 0 bridgehead atoms. The molecule has 118 valence electrons. The van der Waals surface area contributed by atoms with Gasteiger partial charge in [-0.05, 0) is 24.0 Å². The van der Waals surface area contributed by atoms with Gasteiger partial charge in [0, 0.05) is 12.6 Å². The molecular formula is C13H17F3N2O2S. The fourth-order valence-corrected chi connectivity index (χ4v) is 2.88. The molecule has 1 aliphatic carbocycles. The lowest BCUT2D eigenvalue weighted by atomic mass is 10.1. The molecule has 0 spiro atoms. The highest BCUT2D eigenvalue weighted by molar-refractivity contribution is 7.88. The summed E-state index contributed by atoms with van der Waals surface area (Å²) in [6.07, 6.45) is -2.19. The molecule has 2 N–H and O–H groups in total. The molecule has 1 aromatic carbocycles. The molecule has 0 amide bonds. The van der Waals surface area contributed by atoms with Gasteiger partial charge in [0.1, 0.15) is 6.54 Å². The summed E-state index contributed by atoms with van der Waals surface area (Å²) in [5.74, 6) is -0.459. The number of halogens is 3. The number of alkyl halides is 3. The third-order valence-corrected chi connectivity index (χ3v) is 4.34. The van der Waals surface area contributed by atoms with E-state index in [1.54, 1.807) is 29.0 Å². The minimum atomic E-state index is -4.55. The molecule has 1 fully saturated rings. The largest absolute Gasteiger partial charge is 0.402 e. The molecule has 0 unspecified atom stereocenters. The first-order valence-corrected chi connectivity index (χ1v) is 8.24. The monoisotopic (exact) mass is 322 g/mol. The smallest absolute Gasteiger partial charge is 0.310 e. The van der Waals surface area contributed by atoms with E-state index in [-0.39, 0.29) is 0 Å². The number of rotatable bonds is 7. The van der Waals surface area contributed by atoms with Gasteiger partial charge in [-0.25, -0.2) is 13.1 Å². The molecule has 1 saturated carbocycles. The first kappa shape index (κ1) is 16.3. The second-order valence-corrected chi connectivity index (χ2v) is 6.97. The van der Waals surface area contributed by atoms with E-state index in [9.17, 15) is 21.6 Å². The molecule has 4 nitrogen and oxygen atoms in total. The summed E-state index contributed by atoms with van der Waals surface area (Å²) in [6.45, 7) is -0.831. The van der Waals surface area contributed by atoms with Crippen LogP contribution in [0.4, 0.5) is 13.2 Å². The number of sulfonamides is 1. The fourth-order valence-electron chi connectivity index (χ4n) is 1.77. The lowest BCUT2D eigenvalue weighted by molar-refractivity contribution is -0.121. The topological polar surface area (TPSA) is 58.2 Å². The first-order chi connectivity index (χ1) is 9.73. The lowest BCUT2D eigenvalue weighted by Crippen LogP contribution is -2.34. The van der Waals surface area contributed by atoms with Gasteiger partial charge in [-0.2, -0.15) is 13.2 Å². The van der Waals surface area contributed by atoms with Crippen molar-refractivity contribution in [3.05, 3.63) is 35.4 Å². The summed E-state index contributed by atoms with van der Waals surface area (Å²) < 4.78 is 60.6. The average Bonchev–Trinajstić information content (AvgIpc) is 3.19. The Morgan fingerprint density at radius 2 is 1.67 bits per heavy atom. The van der Waals surface area contributed by atoms with E-state index in [1.165, 1.54) is 12.8 Å². The Balaban J connectivity index is 1.86. The molecule has 21 heavy (non-hydrogen) atoms. The van der Waals surface area contributed by atoms with Crippen molar-refractivity contribution in [1.29, 1.82) is 0 Å². The highest BCUT2D eigenvalue weighted by Crippen LogP contribution is 2.19. The quantitative estimate of drug-likeness (QED) is 0.806. The summed E-state index contributed by atoms with van der Waals surface area (Å²) in [5, 5.41) is 3.32. The van der Waals surface area contributed by atoms with Crippen molar-refractivity contribution < 1.29 is 21.6 Å². The van der Waals surface area contributed by atoms with Crippen molar-refractivity contribution in [2.75, 3.05) is 6.54 Å². The highest BCUT2D eigenvalue weighted by atomic mass is 32.2. The van der Waals surface area contributed by atoms with Crippen LogP contribution in [-0.4, -0.2) is 27.2 Å². The van der Waals surface area contributed by atoms with Gasteiger partial charge in [0.2, 0.25) is 10.0 Å². The molecular weight excluding hydrogens is 305 g/mol. The summed E-state index contributed by atoms with van der Waals surface area (Å²) in [4.78, 5) is 0. The zero-order valence-corrected chi connectivity index (χ0v) is 12.1. The minimum Gasteiger partial charge on any atom is -0.310 e. The Morgan fingerprint density at radius 3 is 2.19 bits per heavy atom. The van der Waals surface area contributed by atoms with E-state index in [2.05, 4.69) is 5.32 Å². The van der Waals surface area contributed by atoms with E-state index in [4.69, 9.17) is 0 Å². The van der Waals surface area contributed by atoms with E-state index in [0.717, 1.165) is 5.56 Å². The van der Waals surface area contributed by atoms with E-state index >= 15 is 0 Å². The van der Waals surface area contributed by atoms with Crippen LogP contribution in [-0.2, 0) is 22.3 Å². The SMILES string of the molecule is O=S(=O)(Cc1ccc(CNC2CC2)cc1)NCC(F)(F)F. The van der Waals surface area contributed by atoms with Gasteiger partial charge >= 0.3 is 6.18 Å². The molecule has 2 rings (SSSR count). The van der Waals surface area contributed by atoms with Crippen LogP contribution in [0, 0.1) is 0 Å². The second-order valence-electron chi connectivity index (χ2n) is 5.17. The van der Waals surface area contributed by atoms with Crippen LogP contribution in [0.1, 0.15) is 24.0 Å². The van der Waals surface area contributed by atoms with Gasteiger partial charge in [-0.3, -0.25) is 0 Å². The number of benzene rings is 1. The standard InChI is InChI=1S/C13H17F3N2O2S/c14-13(15,16)9-18-21(19,20)8-11-3-1-10(2-4-11)7-17-12-5-6-12/h1-4,12,17-18H,5-9H2. The Bertz CT molecular complexity index is 566. The predicted molar refractivity (Wildman–Crippen MR) is 73.0 cm³/mol. The molecule has 0 saturated heterocycles. The van der Waals surface area contributed by atoms with Crippen LogP contribution in [0.5, 0.6) is 0 Å². The summed E-state index contributed by atoms with van der Waals surface area (Å²) in [5.41, 5.74) is 1.48. The Morgan fingerprint density at radius 1 is 1.10 bits per heavy atom. The zero-order chi connectivity index (χ0) is 15.5. The van der Waals surface area contributed by atoms with Crippen molar-refractivity contribution in [2.24, 2.45) is 0 Å². The fraction of sp³-hybridized carbons (Fsp3) is 0.538. The van der Waals surface area contributed by atoms with Crippen molar-refractivity contribution in [3.63, 3.8) is 0 Å². The Hall–Kier alpha value is -1.12. The predicted octanol–water partition coefficient (Wildman–Crippen LogP) is 1.92. The number of nitrogens with one attached hydrogen (secondary N) is 2. The maximum atomic E-state index is 12.0. The van der Waals surface area contributed by atoms with Crippen LogP contribution < -0.4 is 10.0 Å². The molecule has 0 atom stereocenters. The molecule has 0 radical (unpaired) electrons. The lowest BCUT2D eigenvalue weighted by Gasteiger charge is -2.10. The summed E-state index contributed by atoms with van der Waals surface area (Å²) in [6, 6.07) is 7.39. The number of hydrogen-bond acceptors (Lipinski definition) is 3. The van der Waals surface area contributed by atoms with Gasteiger partial charge in [0.25, 0.3) is 0 Å². The third kappa shape index (κ3) is 6.45. The van der Waals surface area contributed by atoms with Crippen molar-refractivity contribution in [2.45, 2.75) is 37.4 Å². The summed E-state index contributed by atoms with van der Waals surface area (Å²) >= 11 is 0. The van der Waals surface area contributed by atoms with Crippen molar-refractivity contribution in [3.8, 4) is 0 Å². The van der Waals surface area contributed by atoms with Crippen LogP contribution in [0.2, 0.25) is 0 Å². The molecule has 1 aromatic rings. The third-order valence-electron chi connectivity index (χ3n) is 3.04. The zero-order valence-electron chi connectivity index (χ0n) is 11.3. The van der Waals surface area contributed by atoms with Crippen LogP contribution in [0.25, 0.3) is 0 Å². The normalized spacial score (nSPS) is 16.1. The Kier molecular flexibility index (Phi) is 4.90. The van der Waals surface area contributed by atoms with Crippen LogP contribution >= 0.6 is 0 Å². The van der Waals surface area contributed by atoms with E-state index in [1.807, 2.05) is 0 Å². The van der Waals surface area contributed by atoms with Crippen molar-refractivity contribution >= 4 is 10.0 Å². The average molecular weight is 322 g/mol. The van der Waals surface area contributed by atoms with Crippen LogP contribution in [0.15, 0.2) is 24.3 Å². The summed E-state index contributed by atoms with van der Waals surface area (Å²) in [7, 11) is -3.98.